The highest BCUT2D eigenvalue weighted by molar-refractivity contribution is 6.12. The third-order valence-electron chi connectivity index (χ3n) is 4.34. The second kappa shape index (κ2) is 7.01. The van der Waals surface area contributed by atoms with Crippen LogP contribution in [0, 0.1) is 0 Å². The Morgan fingerprint density at radius 1 is 1.20 bits per heavy atom. The number of allylic oxidation sites excluding steroid dienone is 1. The van der Waals surface area contributed by atoms with Gasteiger partial charge in [-0.15, -0.1) is 0 Å². The van der Waals surface area contributed by atoms with Crippen LogP contribution in [0.15, 0.2) is 23.9 Å². The lowest BCUT2D eigenvalue weighted by molar-refractivity contribution is 0.102. The van der Waals surface area contributed by atoms with Gasteiger partial charge in [0.25, 0.3) is 0 Å². The van der Waals surface area contributed by atoms with Gasteiger partial charge in [-0.2, -0.15) is 5.10 Å². The number of hydrogen-bond acceptors (Lipinski definition) is 5. The van der Waals surface area contributed by atoms with E-state index < -0.39 is 0 Å². The van der Waals surface area contributed by atoms with Crippen molar-refractivity contribution < 1.29 is 19.0 Å². The van der Waals surface area contributed by atoms with Crippen LogP contribution in [0.2, 0.25) is 0 Å². The summed E-state index contributed by atoms with van der Waals surface area (Å²) in [7, 11) is 5.03. The molecule has 132 valence electrons. The maximum atomic E-state index is 12.7. The second-order valence-corrected chi connectivity index (χ2v) is 5.81. The Morgan fingerprint density at radius 3 is 2.48 bits per heavy atom. The number of aromatic nitrogens is 2. The van der Waals surface area contributed by atoms with Gasteiger partial charge in [0.2, 0.25) is 5.75 Å². The van der Waals surface area contributed by atoms with Crippen molar-refractivity contribution in [1.82, 2.24) is 9.78 Å². The number of ether oxygens (including phenoxy) is 3. The number of carbonyl (C=O) groups excluding carboxylic acids is 1. The monoisotopic (exact) mass is 342 g/mol. The minimum Gasteiger partial charge on any atom is -0.493 e. The number of ketones is 1. The van der Waals surface area contributed by atoms with Crippen molar-refractivity contribution in [2.24, 2.45) is 7.05 Å². The van der Waals surface area contributed by atoms with Gasteiger partial charge in [-0.3, -0.25) is 9.48 Å². The first kappa shape index (κ1) is 17.1. The van der Waals surface area contributed by atoms with Gasteiger partial charge in [0, 0.05) is 18.3 Å². The highest BCUT2D eigenvalue weighted by Crippen LogP contribution is 2.39. The Balaban J connectivity index is 2.00. The van der Waals surface area contributed by atoms with Crippen molar-refractivity contribution in [3.63, 3.8) is 0 Å². The molecular formula is C19H22N2O4. The summed E-state index contributed by atoms with van der Waals surface area (Å²) in [4.78, 5) is 12.7. The smallest absolute Gasteiger partial charge is 0.203 e. The van der Waals surface area contributed by atoms with Crippen molar-refractivity contribution in [2.45, 2.75) is 19.8 Å². The lowest BCUT2D eigenvalue weighted by Crippen LogP contribution is -2.15. The summed E-state index contributed by atoms with van der Waals surface area (Å²) in [5, 5.41) is 4.19. The molecule has 0 fully saturated rings. The molecule has 2 aromatic rings. The minimum absolute atomic E-state index is 0.0289. The van der Waals surface area contributed by atoms with Gasteiger partial charge in [-0.25, -0.2) is 0 Å². The topological polar surface area (TPSA) is 62.6 Å². The molecule has 1 aliphatic carbocycles. The van der Waals surface area contributed by atoms with Crippen molar-refractivity contribution in [1.29, 1.82) is 0 Å². The van der Waals surface area contributed by atoms with E-state index >= 15 is 0 Å². The Hall–Kier alpha value is -2.76. The molecule has 0 atom stereocenters. The summed E-state index contributed by atoms with van der Waals surface area (Å²) in [6.45, 7) is 2.41. The second-order valence-electron chi connectivity index (χ2n) is 5.81. The van der Waals surface area contributed by atoms with Crippen molar-refractivity contribution in [2.75, 3.05) is 20.8 Å². The van der Waals surface area contributed by atoms with Crippen LogP contribution in [0.4, 0.5) is 0 Å². The number of aryl methyl sites for hydroxylation is 1. The lowest BCUT2D eigenvalue weighted by Gasteiger charge is -2.16. The van der Waals surface area contributed by atoms with Gasteiger partial charge in [0.15, 0.2) is 17.3 Å². The number of hydrogen-bond donors (Lipinski definition) is 0. The molecule has 25 heavy (non-hydrogen) atoms. The van der Waals surface area contributed by atoms with Crippen molar-refractivity contribution in [3.8, 4) is 17.2 Å². The molecule has 0 radical (unpaired) electrons. The van der Waals surface area contributed by atoms with Crippen LogP contribution in [0.25, 0.3) is 6.08 Å². The van der Waals surface area contributed by atoms with Gasteiger partial charge in [-0.05, 0) is 43.5 Å². The van der Waals surface area contributed by atoms with Gasteiger partial charge in [0.1, 0.15) is 0 Å². The standard InChI is InChI=1S/C19H22N2O4/c1-5-25-19-16(23-3)9-12(10-17(19)24-4)8-13-6-7-15-14(18(13)22)11-20-21(15)2/h8-11H,5-7H2,1-4H3/b13-8-. The first-order valence-corrected chi connectivity index (χ1v) is 8.24. The first-order valence-electron chi connectivity index (χ1n) is 8.24. The number of carbonyl (C=O) groups is 1. The average Bonchev–Trinajstić information content (AvgIpc) is 3.00. The number of Topliss-reactive ketones (excluding diaryl/α,β-unsaturated/α-hetero) is 1. The SMILES string of the molecule is CCOc1c(OC)cc(/C=C2/CCc3c(cnn3C)C2=O)cc1OC. The summed E-state index contributed by atoms with van der Waals surface area (Å²) in [5.41, 5.74) is 3.27. The Morgan fingerprint density at radius 2 is 1.88 bits per heavy atom. The summed E-state index contributed by atoms with van der Waals surface area (Å²) in [5.74, 6) is 1.76. The van der Waals surface area contributed by atoms with E-state index in [1.165, 1.54) is 0 Å². The molecule has 0 bridgehead atoms. The third-order valence-corrected chi connectivity index (χ3v) is 4.34. The molecular weight excluding hydrogens is 320 g/mol. The molecule has 0 saturated heterocycles. The molecule has 0 amide bonds. The zero-order chi connectivity index (χ0) is 18.0. The molecule has 1 aromatic carbocycles. The molecule has 1 heterocycles. The molecule has 6 heteroatoms. The maximum Gasteiger partial charge on any atom is 0.203 e. The fourth-order valence-corrected chi connectivity index (χ4v) is 3.10. The van der Waals surface area contributed by atoms with E-state index in [9.17, 15) is 4.79 Å². The van der Waals surface area contributed by atoms with E-state index in [2.05, 4.69) is 5.10 Å². The normalized spacial score (nSPS) is 15.2. The van der Waals surface area contributed by atoms with E-state index in [4.69, 9.17) is 14.2 Å². The van der Waals surface area contributed by atoms with Crippen LogP contribution in [0.5, 0.6) is 17.2 Å². The van der Waals surface area contributed by atoms with Crippen LogP contribution >= 0.6 is 0 Å². The number of methoxy groups -OCH3 is 2. The summed E-state index contributed by atoms with van der Waals surface area (Å²) in [6, 6.07) is 3.71. The Kier molecular flexibility index (Phi) is 4.79. The molecule has 6 nitrogen and oxygen atoms in total. The molecule has 1 aliphatic rings. The Bertz CT molecular complexity index is 811. The van der Waals surface area contributed by atoms with Crippen LogP contribution in [-0.4, -0.2) is 36.4 Å². The first-order chi connectivity index (χ1) is 12.1. The fourth-order valence-electron chi connectivity index (χ4n) is 3.10. The van der Waals surface area contributed by atoms with Gasteiger partial charge in [-0.1, -0.05) is 0 Å². The number of benzene rings is 1. The molecule has 0 N–H and O–H groups in total. The molecule has 1 aromatic heterocycles. The Labute approximate surface area is 147 Å². The van der Waals surface area contributed by atoms with E-state index in [0.29, 0.717) is 35.8 Å². The van der Waals surface area contributed by atoms with E-state index in [-0.39, 0.29) is 5.78 Å². The van der Waals surface area contributed by atoms with E-state index in [1.54, 1.807) is 25.1 Å². The van der Waals surface area contributed by atoms with Crippen LogP contribution in [0.1, 0.15) is 35.0 Å². The lowest BCUT2D eigenvalue weighted by atomic mass is 9.90. The van der Waals surface area contributed by atoms with Crippen LogP contribution in [-0.2, 0) is 13.5 Å². The summed E-state index contributed by atoms with van der Waals surface area (Å²) in [6.07, 6.45) is 5.01. The van der Waals surface area contributed by atoms with Crippen LogP contribution in [0.3, 0.4) is 0 Å². The van der Waals surface area contributed by atoms with Crippen molar-refractivity contribution >= 4 is 11.9 Å². The molecule has 0 saturated carbocycles. The van der Waals surface area contributed by atoms with Gasteiger partial charge >= 0.3 is 0 Å². The molecule has 3 rings (SSSR count). The molecule has 0 aliphatic heterocycles. The zero-order valence-corrected chi connectivity index (χ0v) is 15.0. The summed E-state index contributed by atoms with van der Waals surface area (Å²) < 4.78 is 18.2. The number of fused-ring (bicyclic) bond motifs is 1. The summed E-state index contributed by atoms with van der Waals surface area (Å²) >= 11 is 0. The number of nitrogens with zero attached hydrogens (tertiary/aromatic N) is 2. The van der Waals surface area contributed by atoms with Crippen LogP contribution < -0.4 is 14.2 Å². The largest absolute Gasteiger partial charge is 0.493 e. The molecule has 0 spiro atoms. The number of rotatable bonds is 5. The van der Waals surface area contributed by atoms with Crippen molar-refractivity contribution in [3.05, 3.63) is 40.7 Å². The third kappa shape index (κ3) is 3.12. The highest BCUT2D eigenvalue weighted by atomic mass is 16.5. The van der Waals surface area contributed by atoms with Gasteiger partial charge in [0.05, 0.1) is 32.6 Å². The highest BCUT2D eigenvalue weighted by Gasteiger charge is 2.25. The zero-order valence-electron chi connectivity index (χ0n) is 15.0. The van der Waals surface area contributed by atoms with E-state index in [0.717, 1.165) is 23.3 Å². The minimum atomic E-state index is 0.0289. The van der Waals surface area contributed by atoms with E-state index in [1.807, 2.05) is 32.2 Å². The molecule has 0 unspecified atom stereocenters. The fraction of sp³-hybridized carbons (Fsp3) is 0.368. The average molecular weight is 342 g/mol. The van der Waals surface area contributed by atoms with Gasteiger partial charge < -0.3 is 14.2 Å². The maximum absolute atomic E-state index is 12.7. The predicted molar refractivity (Wildman–Crippen MR) is 94.6 cm³/mol. The predicted octanol–water partition coefficient (Wildman–Crippen LogP) is 3.05. The quantitative estimate of drug-likeness (QED) is 0.782.